The summed E-state index contributed by atoms with van der Waals surface area (Å²) in [5.74, 6) is 6.46. The van der Waals surface area contributed by atoms with Gasteiger partial charge >= 0.3 is 0 Å². The number of carbonyl (C=O) groups is 1. The molecule has 1 saturated heterocycles. The molecule has 1 aliphatic heterocycles. The standard InChI is InChI=1S/C19H18N2O/c22-19-8-4-5-13-21(19)15-18-12-11-17(14-20-18)10-9-16-6-2-1-3-7-16/h1-3,6-7,11-12,14H,4-5,8,13,15H2. The molecule has 3 heteroatoms. The molecule has 1 aromatic heterocycles. The molecule has 1 amide bonds. The van der Waals surface area contributed by atoms with E-state index in [-0.39, 0.29) is 5.91 Å². The molecule has 0 spiro atoms. The quantitative estimate of drug-likeness (QED) is 0.797. The van der Waals surface area contributed by atoms with Crippen LogP contribution in [0.25, 0.3) is 0 Å². The van der Waals surface area contributed by atoms with Crippen LogP contribution in [0.5, 0.6) is 0 Å². The molecule has 2 heterocycles. The molecule has 0 radical (unpaired) electrons. The minimum Gasteiger partial charge on any atom is -0.337 e. The molecule has 0 atom stereocenters. The molecule has 22 heavy (non-hydrogen) atoms. The maximum absolute atomic E-state index is 11.8. The molecule has 0 unspecified atom stereocenters. The minimum absolute atomic E-state index is 0.237. The van der Waals surface area contributed by atoms with Crippen LogP contribution in [0, 0.1) is 11.8 Å². The Bertz CT molecular complexity index is 696. The van der Waals surface area contributed by atoms with Crippen molar-refractivity contribution >= 4 is 5.91 Å². The van der Waals surface area contributed by atoms with Crippen molar-refractivity contribution in [1.82, 2.24) is 9.88 Å². The van der Waals surface area contributed by atoms with Crippen molar-refractivity contribution in [3.05, 3.63) is 65.5 Å². The third-order valence-corrected chi connectivity index (χ3v) is 3.72. The number of rotatable bonds is 2. The molecule has 0 N–H and O–H groups in total. The zero-order valence-electron chi connectivity index (χ0n) is 12.5. The second-order valence-corrected chi connectivity index (χ2v) is 5.43. The smallest absolute Gasteiger partial charge is 0.222 e. The summed E-state index contributed by atoms with van der Waals surface area (Å²) in [5.41, 5.74) is 2.79. The lowest BCUT2D eigenvalue weighted by Crippen LogP contribution is -2.34. The van der Waals surface area contributed by atoms with Gasteiger partial charge in [-0.1, -0.05) is 30.0 Å². The average molecular weight is 290 g/mol. The first-order valence-electron chi connectivity index (χ1n) is 7.61. The zero-order valence-corrected chi connectivity index (χ0v) is 12.5. The van der Waals surface area contributed by atoms with Crippen LogP contribution in [-0.2, 0) is 11.3 Å². The zero-order chi connectivity index (χ0) is 15.2. The van der Waals surface area contributed by atoms with E-state index in [0.29, 0.717) is 13.0 Å². The first-order chi connectivity index (χ1) is 10.8. The lowest BCUT2D eigenvalue weighted by Gasteiger charge is -2.26. The Balaban J connectivity index is 1.65. The van der Waals surface area contributed by atoms with Crippen molar-refractivity contribution in [1.29, 1.82) is 0 Å². The normalized spacial score (nSPS) is 14.4. The van der Waals surface area contributed by atoms with E-state index in [0.717, 1.165) is 36.2 Å². The third-order valence-electron chi connectivity index (χ3n) is 3.72. The number of hydrogen-bond donors (Lipinski definition) is 0. The first kappa shape index (κ1) is 14.3. The fourth-order valence-electron chi connectivity index (χ4n) is 2.48. The van der Waals surface area contributed by atoms with Gasteiger partial charge in [-0.3, -0.25) is 9.78 Å². The topological polar surface area (TPSA) is 33.2 Å². The number of likely N-dealkylation sites (tertiary alicyclic amines) is 1. The monoisotopic (exact) mass is 290 g/mol. The predicted octanol–water partition coefficient (Wildman–Crippen LogP) is 2.99. The number of amides is 1. The van der Waals surface area contributed by atoms with E-state index in [4.69, 9.17) is 0 Å². The summed E-state index contributed by atoms with van der Waals surface area (Å²) in [4.78, 5) is 18.1. The first-order valence-corrected chi connectivity index (χ1v) is 7.61. The summed E-state index contributed by atoms with van der Waals surface area (Å²) < 4.78 is 0. The molecule has 0 bridgehead atoms. The summed E-state index contributed by atoms with van der Waals surface area (Å²) in [7, 11) is 0. The summed E-state index contributed by atoms with van der Waals surface area (Å²) >= 11 is 0. The highest BCUT2D eigenvalue weighted by molar-refractivity contribution is 5.76. The van der Waals surface area contributed by atoms with Crippen LogP contribution in [0.15, 0.2) is 48.7 Å². The highest BCUT2D eigenvalue weighted by Gasteiger charge is 2.18. The molecule has 0 saturated carbocycles. The molecule has 0 aliphatic carbocycles. The van der Waals surface area contributed by atoms with E-state index in [1.165, 1.54) is 0 Å². The van der Waals surface area contributed by atoms with Crippen molar-refractivity contribution < 1.29 is 4.79 Å². The lowest BCUT2D eigenvalue weighted by atomic mass is 10.1. The molecule has 1 aromatic carbocycles. The van der Waals surface area contributed by atoms with Crippen molar-refractivity contribution in [3.8, 4) is 11.8 Å². The van der Waals surface area contributed by atoms with Crippen LogP contribution < -0.4 is 0 Å². The Hall–Kier alpha value is -2.60. The number of pyridine rings is 1. The van der Waals surface area contributed by atoms with Gasteiger partial charge in [0.05, 0.1) is 12.2 Å². The summed E-state index contributed by atoms with van der Waals surface area (Å²) in [6.07, 6.45) is 4.55. The van der Waals surface area contributed by atoms with Gasteiger partial charge in [0.2, 0.25) is 5.91 Å². The van der Waals surface area contributed by atoms with E-state index >= 15 is 0 Å². The number of hydrogen-bond acceptors (Lipinski definition) is 2. The van der Waals surface area contributed by atoms with Crippen molar-refractivity contribution in [3.63, 3.8) is 0 Å². The van der Waals surface area contributed by atoms with E-state index < -0.39 is 0 Å². The Morgan fingerprint density at radius 3 is 2.55 bits per heavy atom. The molecular formula is C19H18N2O. The lowest BCUT2D eigenvalue weighted by molar-refractivity contribution is -0.133. The summed E-state index contributed by atoms with van der Waals surface area (Å²) in [6, 6.07) is 13.8. The van der Waals surface area contributed by atoms with Gasteiger partial charge < -0.3 is 4.90 Å². The maximum Gasteiger partial charge on any atom is 0.222 e. The third kappa shape index (κ3) is 3.73. The fraction of sp³-hybridized carbons (Fsp3) is 0.263. The van der Waals surface area contributed by atoms with Gasteiger partial charge in [-0.05, 0) is 37.1 Å². The highest BCUT2D eigenvalue weighted by atomic mass is 16.2. The Morgan fingerprint density at radius 1 is 1.00 bits per heavy atom. The van der Waals surface area contributed by atoms with Crippen molar-refractivity contribution in [2.45, 2.75) is 25.8 Å². The number of carbonyl (C=O) groups excluding carboxylic acids is 1. The van der Waals surface area contributed by atoms with Crippen LogP contribution in [-0.4, -0.2) is 22.3 Å². The van der Waals surface area contributed by atoms with E-state index in [2.05, 4.69) is 16.8 Å². The minimum atomic E-state index is 0.237. The SMILES string of the molecule is O=C1CCCCN1Cc1ccc(C#Cc2ccccc2)cn1. The number of piperidine rings is 1. The van der Waals surface area contributed by atoms with Crippen molar-refractivity contribution in [2.24, 2.45) is 0 Å². The highest BCUT2D eigenvalue weighted by Crippen LogP contribution is 2.13. The molecule has 2 aromatic rings. The van der Waals surface area contributed by atoms with Crippen LogP contribution >= 0.6 is 0 Å². The molecule has 1 aliphatic rings. The molecule has 110 valence electrons. The number of nitrogens with zero attached hydrogens (tertiary/aromatic N) is 2. The van der Waals surface area contributed by atoms with E-state index in [9.17, 15) is 4.79 Å². The van der Waals surface area contributed by atoms with Gasteiger partial charge in [0.15, 0.2) is 0 Å². The Kier molecular flexibility index (Phi) is 4.50. The molecular weight excluding hydrogens is 272 g/mol. The molecule has 3 rings (SSSR count). The van der Waals surface area contributed by atoms with E-state index in [1.54, 1.807) is 6.20 Å². The van der Waals surface area contributed by atoms with E-state index in [1.807, 2.05) is 47.4 Å². The molecule has 3 nitrogen and oxygen atoms in total. The van der Waals surface area contributed by atoms with Gasteiger partial charge in [-0.25, -0.2) is 0 Å². The Morgan fingerprint density at radius 2 is 1.82 bits per heavy atom. The number of benzene rings is 1. The second kappa shape index (κ2) is 6.91. The van der Waals surface area contributed by atoms with Gasteiger partial charge in [0, 0.05) is 30.3 Å². The van der Waals surface area contributed by atoms with Gasteiger partial charge in [-0.2, -0.15) is 0 Å². The maximum atomic E-state index is 11.8. The summed E-state index contributed by atoms with van der Waals surface area (Å²) in [6.45, 7) is 1.45. The van der Waals surface area contributed by atoms with Crippen LogP contribution in [0.2, 0.25) is 0 Å². The van der Waals surface area contributed by atoms with Gasteiger partial charge in [-0.15, -0.1) is 0 Å². The molecule has 1 fully saturated rings. The predicted molar refractivity (Wildman–Crippen MR) is 85.9 cm³/mol. The van der Waals surface area contributed by atoms with Crippen LogP contribution in [0.3, 0.4) is 0 Å². The van der Waals surface area contributed by atoms with Crippen LogP contribution in [0.1, 0.15) is 36.1 Å². The van der Waals surface area contributed by atoms with Crippen molar-refractivity contribution in [2.75, 3.05) is 6.54 Å². The largest absolute Gasteiger partial charge is 0.337 e. The van der Waals surface area contributed by atoms with Crippen LogP contribution in [0.4, 0.5) is 0 Å². The number of aromatic nitrogens is 1. The van der Waals surface area contributed by atoms with Gasteiger partial charge in [0.25, 0.3) is 0 Å². The Labute approximate surface area is 131 Å². The average Bonchev–Trinajstić information content (AvgIpc) is 2.57. The fourth-order valence-corrected chi connectivity index (χ4v) is 2.48. The summed E-state index contributed by atoms with van der Waals surface area (Å²) in [5, 5.41) is 0. The van der Waals surface area contributed by atoms with Gasteiger partial charge in [0.1, 0.15) is 0 Å². The second-order valence-electron chi connectivity index (χ2n) is 5.43.